The first kappa shape index (κ1) is 16.9. The molecule has 3 nitrogen and oxygen atoms in total. The van der Waals surface area contributed by atoms with E-state index in [1.165, 1.54) is 5.56 Å². The van der Waals surface area contributed by atoms with Crippen molar-refractivity contribution in [2.45, 2.75) is 38.8 Å². The van der Waals surface area contributed by atoms with Gasteiger partial charge in [-0.3, -0.25) is 4.90 Å². The Hall–Kier alpha value is -0.420. The van der Waals surface area contributed by atoms with Crippen LogP contribution < -0.4 is 5.32 Å². The summed E-state index contributed by atoms with van der Waals surface area (Å²) in [5, 5.41) is 3.68. The van der Waals surface area contributed by atoms with E-state index in [-0.39, 0.29) is 6.10 Å². The second-order valence-corrected chi connectivity index (χ2v) is 6.61. The molecule has 0 spiro atoms. The summed E-state index contributed by atoms with van der Waals surface area (Å²) < 4.78 is 7.19. The summed E-state index contributed by atoms with van der Waals surface area (Å²) in [6, 6.07) is 9.02. The fourth-order valence-electron chi connectivity index (χ4n) is 2.80. The van der Waals surface area contributed by atoms with Crippen molar-refractivity contribution < 1.29 is 4.74 Å². The van der Waals surface area contributed by atoms with Gasteiger partial charge in [0.2, 0.25) is 0 Å². The third-order valence-corrected chi connectivity index (χ3v) is 4.63. The molecular formula is C17H27BrN2O. The summed E-state index contributed by atoms with van der Waals surface area (Å²) in [7, 11) is 0. The van der Waals surface area contributed by atoms with Gasteiger partial charge >= 0.3 is 0 Å². The highest BCUT2D eigenvalue weighted by Gasteiger charge is 2.27. The van der Waals surface area contributed by atoms with Gasteiger partial charge in [-0.05, 0) is 43.6 Å². The largest absolute Gasteiger partial charge is 0.374 e. The van der Waals surface area contributed by atoms with Crippen molar-refractivity contribution in [1.82, 2.24) is 10.2 Å². The summed E-state index contributed by atoms with van der Waals surface area (Å²) in [5.74, 6) is 0. The highest BCUT2D eigenvalue weighted by Crippen LogP contribution is 2.16. The SMILES string of the molecule is CCCNC(Cc1ccc(Br)cc1)C1CN(CC)CCO1. The maximum Gasteiger partial charge on any atom is 0.0858 e. The maximum atomic E-state index is 6.05. The van der Waals surface area contributed by atoms with Crippen LogP contribution in [0.4, 0.5) is 0 Å². The van der Waals surface area contributed by atoms with E-state index in [0.29, 0.717) is 6.04 Å². The van der Waals surface area contributed by atoms with E-state index in [1.54, 1.807) is 0 Å². The van der Waals surface area contributed by atoms with Gasteiger partial charge in [-0.15, -0.1) is 0 Å². The molecule has 1 fully saturated rings. The maximum absolute atomic E-state index is 6.05. The molecule has 2 rings (SSSR count). The summed E-state index contributed by atoms with van der Waals surface area (Å²) in [6.45, 7) is 9.55. The molecule has 4 heteroatoms. The highest BCUT2D eigenvalue weighted by atomic mass is 79.9. The van der Waals surface area contributed by atoms with E-state index >= 15 is 0 Å². The first-order valence-corrected chi connectivity index (χ1v) is 8.84. The Morgan fingerprint density at radius 3 is 2.76 bits per heavy atom. The van der Waals surface area contributed by atoms with E-state index in [2.05, 4.69) is 64.3 Å². The number of halogens is 1. The first-order chi connectivity index (χ1) is 10.2. The molecule has 0 aliphatic carbocycles. The fourth-order valence-corrected chi connectivity index (χ4v) is 3.07. The molecule has 21 heavy (non-hydrogen) atoms. The van der Waals surface area contributed by atoms with Gasteiger partial charge in [0.15, 0.2) is 0 Å². The number of rotatable bonds is 7. The number of likely N-dealkylation sites (N-methyl/N-ethyl adjacent to an activating group) is 1. The lowest BCUT2D eigenvalue weighted by Crippen LogP contribution is -2.53. The number of nitrogens with one attached hydrogen (secondary N) is 1. The molecule has 1 aliphatic heterocycles. The summed E-state index contributed by atoms with van der Waals surface area (Å²) in [4.78, 5) is 2.48. The minimum absolute atomic E-state index is 0.286. The lowest BCUT2D eigenvalue weighted by atomic mass is 9.99. The lowest BCUT2D eigenvalue weighted by Gasteiger charge is -2.37. The van der Waals surface area contributed by atoms with Crippen molar-refractivity contribution in [2.24, 2.45) is 0 Å². The molecule has 118 valence electrons. The standard InChI is InChI=1S/C17H27BrN2O/c1-3-9-19-16(12-14-5-7-15(18)8-6-14)17-13-20(4-2)10-11-21-17/h5-8,16-17,19H,3-4,9-13H2,1-2H3. The quantitative estimate of drug-likeness (QED) is 0.814. The van der Waals surface area contributed by atoms with Crippen LogP contribution in [0.3, 0.4) is 0 Å². The molecule has 2 unspecified atom stereocenters. The van der Waals surface area contributed by atoms with Crippen LogP contribution in [-0.4, -0.2) is 49.8 Å². The molecule has 1 aliphatic rings. The van der Waals surface area contributed by atoms with Gasteiger partial charge in [0.1, 0.15) is 0 Å². The lowest BCUT2D eigenvalue weighted by molar-refractivity contribution is -0.0447. The molecule has 1 saturated heterocycles. The van der Waals surface area contributed by atoms with Crippen molar-refractivity contribution in [3.05, 3.63) is 34.3 Å². The summed E-state index contributed by atoms with van der Waals surface area (Å²) in [6.07, 6.45) is 2.46. The van der Waals surface area contributed by atoms with Crippen molar-refractivity contribution >= 4 is 15.9 Å². The van der Waals surface area contributed by atoms with E-state index in [0.717, 1.165) is 50.1 Å². The average molecular weight is 355 g/mol. The average Bonchev–Trinajstić information content (AvgIpc) is 2.53. The minimum Gasteiger partial charge on any atom is -0.374 e. The van der Waals surface area contributed by atoms with Crippen LogP contribution in [0.15, 0.2) is 28.7 Å². The van der Waals surface area contributed by atoms with Crippen LogP contribution in [0.25, 0.3) is 0 Å². The molecule has 2 atom stereocenters. The third-order valence-electron chi connectivity index (χ3n) is 4.10. The minimum atomic E-state index is 0.286. The molecule has 1 heterocycles. The Labute approximate surface area is 137 Å². The molecule has 1 N–H and O–H groups in total. The number of benzene rings is 1. The van der Waals surface area contributed by atoms with Crippen LogP contribution in [0.5, 0.6) is 0 Å². The normalized spacial score (nSPS) is 21.4. The number of hydrogen-bond acceptors (Lipinski definition) is 3. The molecule has 1 aromatic rings. The zero-order valence-corrected chi connectivity index (χ0v) is 14.7. The highest BCUT2D eigenvalue weighted by molar-refractivity contribution is 9.10. The van der Waals surface area contributed by atoms with Gasteiger partial charge in [-0.1, -0.05) is 41.9 Å². The predicted molar refractivity (Wildman–Crippen MR) is 91.8 cm³/mol. The van der Waals surface area contributed by atoms with Crippen molar-refractivity contribution in [3.63, 3.8) is 0 Å². The Morgan fingerprint density at radius 1 is 1.33 bits per heavy atom. The predicted octanol–water partition coefficient (Wildman–Crippen LogP) is 3.08. The Morgan fingerprint density at radius 2 is 2.10 bits per heavy atom. The monoisotopic (exact) mass is 354 g/mol. The zero-order chi connectivity index (χ0) is 15.1. The zero-order valence-electron chi connectivity index (χ0n) is 13.1. The smallest absolute Gasteiger partial charge is 0.0858 e. The van der Waals surface area contributed by atoms with Crippen LogP contribution >= 0.6 is 15.9 Å². The third kappa shape index (κ3) is 5.37. The second-order valence-electron chi connectivity index (χ2n) is 5.69. The van der Waals surface area contributed by atoms with E-state index in [9.17, 15) is 0 Å². The number of morpholine rings is 1. The topological polar surface area (TPSA) is 24.5 Å². The van der Waals surface area contributed by atoms with Crippen molar-refractivity contribution in [1.29, 1.82) is 0 Å². The number of hydrogen-bond donors (Lipinski definition) is 1. The van der Waals surface area contributed by atoms with Crippen LogP contribution in [0, 0.1) is 0 Å². The second kappa shape index (κ2) is 8.89. The van der Waals surface area contributed by atoms with E-state index in [1.807, 2.05) is 0 Å². The van der Waals surface area contributed by atoms with Crippen LogP contribution in [0.2, 0.25) is 0 Å². The Bertz CT molecular complexity index is 410. The molecule has 0 amide bonds. The van der Waals surface area contributed by atoms with Crippen LogP contribution in [0.1, 0.15) is 25.8 Å². The van der Waals surface area contributed by atoms with E-state index in [4.69, 9.17) is 4.74 Å². The van der Waals surface area contributed by atoms with Gasteiger partial charge in [-0.2, -0.15) is 0 Å². The van der Waals surface area contributed by atoms with Crippen molar-refractivity contribution in [3.8, 4) is 0 Å². The van der Waals surface area contributed by atoms with Gasteiger partial charge in [-0.25, -0.2) is 0 Å². The van der Waals surface area contributed by atoms with Gasteiger partial charge in [0.25, 0.3) is 0 Å². The summed E-state index contributed by atoms with van der Waals surface area (Å²) >= 11 is 3.50. The fraction of sp³-hybridized carbons (Fsp3) is 0.647. The number of nitrogens with zero attached hydrogens (tertiary/aromatic N) is 1. The molecule has 1 aromatic carbocycles. The Kier molecular flexibility index (Phi) is 7.17. The van der Waals surface area contributed by atoms with Gasteiger partial charge in [0.05, 0.1) is 12.7 Å². The first-order valence-electron chi connectivity index (χ1n) is 8.04. The molecular weight excluding hydrogens is 328 g/mol. The molecule has 0 radical (unpaired) electrons. The van der Waals surface area contributed by atoms with Gasteiger partial charge < -0.3 is 10.1 Å². The number of ether oxygens (including phenoxy) is 1. The van der Waals surface area contributed by atoms with Crippen LogP contribution in [-0.2, 0) is 11.2 Å². The van der Waals surface area contributed by atoms with Crippen molar-refractivity contribution in [2.75, 3.05) is 32.8 Å². The molecule has 0 bridgehead atoms. The van der Waals surface area contributed by atoms with Gasteiger partial charge in [0, 0.05) is 23.6 Å². The molecule has 0 saturated carbocycles. The van der Waals surface area contributed by atoms with E-state index < -0.39 is 0 Å². The molecule has 0 aromatic heterocycles. The summed E-state index contributed by atoms with van der Waals surface area (Å²) in [5.41, 5.74) is 1.36. The Balaban J connectivity index is 2.00.